The standard InChI is InChI=1S/C26H48O6S.Li/c1-2-3-4-5-6-7-8-9-10-11-12-13-14-15-16-17-18-19-20-24(33(29,30)31)21-23-22-25(27)32-26(23)28;/h23-24H,2-22H2,1H3,(H,29,30,31);/q;+1/p-1. The van der Waals surface area contributed by atoms with Gasteiger partial charge in [-0.2, -0.15) is 0 Å². The third kappa shape index (κ3) is 17.1. The molecule has 1 heterocycles. The summed E-state index contributed by atoms with van der Waals surface area (Å²) in [6.45, 7) is 2.26. The first-order valence-corrected chi connectivity index (χ1v) is 15.0. The Morgan fingerprint density at radius 2 is 1.15 bits per heavy atom. The second-order valence-corrected chi connectivity index (χ2v) is 11.5. The number of hydrogen-bond donors (Lipinski definition) is 0. The zero-order chi connectivity index (χ0) is 24.4. The molecule has 8 heteroatoms. The number of carbonyl (C=O) groups is 2. The first-order valence-electron chi connectivity index (χ1n) is 13.5. The summed E-state index contributed by atoms with van der Waals surface area (Å²) >= 11 is 0. The van der Waals surface area contributed by atoms with Crippen molar-refractivity contribution in [1.82, 2.24) is 0 Å². The summed E-state index contributed by atoms with van der Waals surface area (Å²) in [6, 6.07) is 0. The van der Waals surface area contributed by atoms with Crippen molar-refractivity contribution >= 4 is 22.1 Å². The minimum atomic E-state index is -4.49. The van der Waals surface area contributed by atoms with E-state index in [9.17, 15) is 22.6 Å². The van der Waals surface area contributed by atoms with Gasteiger partial charge in [0.15, 0.2) is 0 Å². The average Bonchev–Trinajstić information content (AvgIpc) is 3.07. The third-order valence-corrected chi connectivity index (χ3v) is 8.04. The monoisotopic (exact) mass is 494 g/mol. The third-order valence-electron chi connectivity index (χ3n) is 6.80. The zero-order valence-electron chi connectivity index (χ0n) is 21.9. The van der Waals surface area contributed by atoms with E-state index in [-0.39, 0.29) is 38.1 Å². The summed E-state index contributed by atoms with van der Waals surface area (Å²) in [7, 11) is -4.49. The summed E-state index contributed by atoms with van der Waals surface area (Å²) in [4.78, 5) is 22.7. The number of unbranched alkanes of at least 4 members (excludes halogenated alkanes) is 17. The number of ether oxygens (including phenoxy) is 1. The van der Waals surface area contributed by atoms with Gasteiger partial charge in [-0.15, -0.1) is 0 Å². The van der Waals surface area contributed by atoms with Crippen molar-refractivity contribution in [3.63, 3.8) is 0 Å². The maximum atomic E-state index is 11.5. The van der Waals surface area contributed by atoms with Gasteiger partial charge in [0, 0.05) is 0 Å². The topological polar surface area (TPSA) is 101 Å². The van der Waals surface area contributed by atoms with Crippen molar-refractivity contribution in [1.29, 1.82) is 0 Å². The summed E-state index contributed by atoms with van der Waals surface area (Å²) in [6.07, 6.45) is 22.6. The minimum absolute atomic E-state index is 0. The van der Waals surface area contributed by atoms with Crippen LogP contribution >= 0.6 is 0 Å². The molecule has 0 N–H and O–H groups in total. The van der Waals surface area contributed by atoms with E-state index in [4.69, 9.17) is 0 Å². The Bertz CT molecular complexity index is 637. The first-order chi connectivity index (χ1) is 15.8. The van der Waals surface area contributed by atoms with Gasteiger partial charge in [0.1, 0.15) is 0 Å². The fourth-order valence-electron chi connectivity index (χ4n) is 4.67. The van der Waals surface area contributed by atoms with E-state index in [1.807, 2.05) is 0 Å². The molecule has 1 fully saturated rings. The Morgan fingerprint density at radius 1 is 0.765 bits per heavy atom. The van der Waals surface area contributed by atoms with Crippen molar-refractivity contribution < 1.29 is 46.2 Å². The Morgan fingerprint density at radius 3 is 1.47 bits per heavy atom. The summed E-state index contributed by atoms with van der Waals surface area (Å²) in [5.41, 5.74) is 0. The Hall–Kier alpha value is -0.353. The van der Waals surface area contributed by atoms with E-state index < -0.39 is 33.2 Å². The molecule has 0 aromatic heterocycles. The molecule has 0 amide bonds. The van der Waals surface area contributed by atoms with Gasteiger partial charge in [-0.25, -0.2) is 8.42 Å². The molecule has 0 radical (unpaired) electrons. The van der Waals surface area contributed by atoms with Crippen LogP contribution in [0, 0.1) is 5.92 Å². The maximum absolute atomic E-state index is 11.5. The normalized spacial score (nSPS) is 16.9. The predicted molar refractivity (Wildman–Crippen MR) is 131 cm³/mol. The quantitative estimate of drug-likeness (QED) is 0.0746. The Kier molecular flexibility index (Phi) is 20.6. The average molecular weight is 495 g/mol. The van der Waals surface area contributed by atoms with Gasteiger partial charge in [-0.05, 0) is 12.8 Å². The Labute approximate surface area is 220 Å². The van der Waals surface area contributed by atoms with E-state index in [1.54, 1.807) is 0 Å². The van der Waals surface area contributed by atoms with Crippen LogP contribution in [0.1, 0.15) is 142 Å². The van der Waals surface area contributed by atoms with Gasteiger partial charge in [0.2, 0.25) is 0 Å². The van der Waals surface area contributed by atoms with E-state index in [2.05, 4.69) is 11.7 Å². The van der Waals surface area contributed by atoms with E-state index >= 15 is 0 Å². The number of esters is 2. The van der Waals surface area contributed by atoms with Crippen LogP contribution in [0.15, 0.2) is 0 Å². The van der Waals surface area contributed by atoms with Crippen LogP contribution in [0.25, 0.3) is 0 Å². The van der Waals surface area contributed by atoms with Crippen molar-refractivity contribution in [3.8, 4) is 0 Å². The molecule has 1 rings (SSSR count). The van der Waals surface area contributed by atoms with Gasteiger partial charge in [0.25, 0.3) is 0 Å². The molecule has 1 saturated heterocycles. The minimum Gasteiger partial charge on any atom is -0.748 e. The van der Waals surface area contributed by atoms with Gasteiger partial charge in [-0.1, -0.05) is 122 Å². The summed E-state index contributed by atoms with van der Waals surface area (Å²) < 4.78 is 39.0. The van der Waals surface area contributed by atoms with Gasteiger partial charge in [0.05, 0.1) is 27.7 Å². The van der Waals surface area contributed by atoms with Crippen molar-refractivity contribution in [2.75, 3.05) is 0 Å². The number of cyclic esters (lactones) is 2. The molecule has 34 heavy (non-hydrogen) atoms. The van der Waals surface area contributed by atoms with Crippen LogP contribution in [0.5, 0.6) is 0 Å². The molecular formula is C26H47LiO6S. The molecule has 1 aliphatic rings. The van der Waals surface area contributed by atoms with E-state index in [1.165, 1.54) is 89.9 Å². The fourth-order valence-corrected chi connectivity index (χ4v) is 5.60. The van der Waals surface area contributed by atoms with E-state index in [0.717, 1.165) is 19.3 Å². The molecule has 0 bridgehead atoms. The van der Waals surface area contributed by atoms with Crippen LogP contribution in [0.3, 0.4) is 0 Å². The molecule has 0 saturated carbocycles. The summed E-state index contributed by atoms with van der Waals surface area (Å²) in [5.74, 6) is -2.13. The molecule has 2 unspecified atom stereocenters. The van der Waals surface area contributed by atoms with Crippen LogP contribution in [0.4, 0.5) is 0 Å². The molecule has 0 aromatic carbocycles. The molecule has 0 spiro atoms. The number of hydrogen-bond acceptors (Lipinski definition) is 6. The molecule has 2 atom stereocenters. The maximum Gasteiger partial charge on any atom is 1.00 e. The second-order valence-electron chi connectivity index (χ2n) is 9.84. The summed E-state index contributed by atoms with van der Waals surface area (Å²) in [5, 5.41) is -1.11. The largest absolute Gasteiger partial charge is 1.00 e. The molecule has 1 aliphatic heterocycles. The molecule has 0 aliphatic carbocycles. The van der Waals surface area contributed by atoms with Crippen LogP contribution in [-0.4, -0.2) is 30.2 Å². The van der Waals surface area contributed by atoms with E-state index in [0.29, 0.717) is 6.42 Å². The second kappa shape index (κ2) is 20.8. The van der Waals surface area contributed by atoms with Gasteiger partial charge in [-0.3, -0.25) is 9.59 Å². The number of carbonyl (C=O) groups excluding carboxylic acids is 2. The van der Waals surface area contributed by atoms with Crippen LogP contribution in [0.2, 0.25) is 0 Å². The Balaban J connectivity index is 0.0000109. The molecule has 0 aromatic rings. The van der Waals surface area contributed by atoms with Crippen LogP contribution in [-0.2, 0) is 24.4 Å². The fraction of sp³-hybridized carbons (Fsp3) is 0.923. The molecular weight excluding hydrogens is 447 g/mol. The number of rotatable bonds is 22. The predicted octanol–water partition coefficient (Wildman–Crippen LogP) is 3.82. The van der Waals surface area contributed by atoms with Gasteiger partial charge < -0.3 is 9.29 Å². The van der Waals surface area contributed by atoms with Gasteiger partial charge >= 0.3 is 30.8 Å². The first kappa shape index (κ1) is 33.6. The molecule has 6 nitrogen and oxygen atoms in total. The van der Waals surface area contributed by atoms with Crippen molar-refractivity contribution in [2.45, 2.75) is 147 Å². The SMILES string of the molecule is CCCCCCCCCCCCCCCCCCCCC(CC1CC(=O)OC1=O)S(=O)(=O)[O-].[Li+]. The molecule has 194 valence electrons. The van der Waals surface area contributed by atoms with Crippen molar-refractivity contribution in [2.24, 2.45) is 5.92 Å². The zero-order valence-corrected chi connectivity index (χ0v) is 22.7. The smallest absolute Gasteiger partial charge is 0.748 e. The van der Waals surface area contributed by atoms with Crippen LogP contribution < -0.4 is 18.9 Å². The van der Waals surface area contributed by atoms with Crippen molar-refractivity contribution in [3.05, 3.63) is 0 Å².